The number of rotatable bonds is 9. The highest BCUT2D eigenvalue weighted by Gasteiger charge is 1.96. The van der Waals surface area contributed by atoms with Crippen LogP contribution in [0.2, 0.25) is 0 Å². The highest BCUT2D eigenvalue weighted by atomic mass is 16.5. The Hall–Kier alpha value is -1.48. The van der Waals surface area contributed by atoms with Gasteiger partial charge in [-0.15, -0.1) is 0 Å². The lowest BCUT2D eigenvalue weighted by Gasteiger charge is -2.06. The molecule has 0 bridgehead atoms. The quantitative estimate of drug-likeness (QED) is 0.664. The second-order valence-electron chi connectivity index (χ2n) is 3.80. The van der Waals surface area contributed by atoms with Gasteiger partial charge in [0, 0.05) is 26.5 Å². The van der Waals surface area contributed by atoms with Crippen LogP contribution in [0.15, 0.2) is 18.3 Å². The molecule has 0 radical (unpaired) electrons. The molecule has 0 atom stereocenters. The van der Waals surface area contributed by atoms with E-state index in [0.717, 1.165) is 31.7 Å². The molecule has 5 nitrogen and oxygen atoms in total. The fraction of sp³-hybridized carbons (Fsp3) is 0.538. The fourth-order valence-corrected chi connectivity index (χ4v) is 1.42. The summed E-state index contributed by atoms with van der Waals surface area (Å²) in [6, 6.07) is 5.73. The highest BCUT2D eigenvalue weighted by molar-refractivity contribution is 5.25. The zero-order chi connectivity index (χ0) is 13.1. The summed E-state index contributed by atoms with van der Waals surface area (Å²) in [5, 5.41) is 12.0. The molecule has 0 unspecified atom stereocenters. The molecule has 0 spiro atoms. The van der Waals surface area contributed by atoms with Gasteiger partial charge in [0.2, 0.25) is 0 Å². The van der Waals surface area contributed by atoms with Crippen LogP contribution in [0.25, 0.3) is 0 Å². The van der Waals surface area contributed by atoms with Gasteiger partial charge in [-0.3, -0.25) is 0 Å². The molecule has 0 aliphatic carbocycles. The second kappa shape index (κ2) is 9.54. The molecule has 18 heavy (non-hydrogen) atoms. The van der Waals surface area contributed by atoms with Crippen molar-refractivity contribution in [2.24, 2.45) is 0 Å². The molecule has 5 heteroatoms. The minimum atomic E-state index is 0.456. The van der Waals surface area contributed by atoms with Crippen molar-refractivity contribution in [2.75, 3.05) is 33.5 Å². The third-order valence-electron chi connectivity index (χ3n) is 2.34. The first-order valence-corrected chi connectivity index (χ1v) is 5.99. The Balaban J connectivity index is 2.05. The number of hydrogen-bond acceptors (Lipinski definition) is 5. The van der Waals surface area contributed by atoms with E-state index in [4.69, 9.17) is 14.7 Å². The van der Waals surface area contributed by atoms with E-state index in [1.165, 1.54) is 0 Å². The lowest BCUT2D eigenvalue weighted by Crippen LogP contribution is -2.17. The number of methoxy groups -OCH3 is 1. The molecule has 1 heterocycles. The number of pyridine rings is 1. The molecule has 0 fully saturated rings. The Morgan fingerprint density at radius 1 is 1.39 bits per heavy atom. The maximum absolute atomic E-state index is 8.71. The average Bonchev–Trinajstić information content (AvgIpc) is 2.42. The second-order valence-corrected chi connectivity index (χ2v) is 3.80. The summed E-state index contributed by atoms with van der Waals surface area (Å²) in [6.07, 6.45) is 2.61. The molecule has 1 N–H and O–H groups in total. The predicted molar refractivity (Wildman–Crippen MR) is 68.0 cm³/mol. The van der Waals surface area contributed by atoms with Crippen LogP contribution in [0.4, 0.5) is 0 Å². The Morgan fingerprint density at radius 3 is 3.06 bits per heavy atom. The van der Waals surface area contributed by atoms with E-state index >= 15 is 0 Å². The number of hydrogen-bond donors (Lipinski definition) is 1. The minimum absolute atomic E-state index is 0.456. The topological polar surface area (TPSA) is 67.2 Å². The number of nitriles is 1. The first-order valence-electron chi connectivity index (χ1n) is 5.99. The summed E-state index contributed by atoms with van der Waals surface area (Å²) in [7, 11) is 1.66. The van der Waals surface area contributed by atoms with Gasteiger partial charge < -0.3 is 14.8 Å². The lowest BCUT2D eigenvalue weighted by molar-refractivity contribution is 0.0695. The van der Waals surface area contributed by atoms with E-state index < -0.39 is 0 Å². The minimum Gasteiger partial charge on any atom is -0.382 e. The molecule has 0 saturated heterocycles. The van der Waals surface area contributed by atoms with Gasteiger partial charge in [-0.1, -0.05) is 0 Å². The molecule has 0 saturated carbocycles. The van der Waals surface area contributed by atoms with Crippen LogP contribution in [0.5, 0.6) is 0 Å². The van der Waals surface area contributed by atoms with E-state index in [-0.39, 0.29) is 0 Å². The van der Waals surface area contributed by atoms with Crippen molar-refractivity contribution in [3.05, 3.63) is 29.6 Å². The monoisotopic (exact) mass is 249 g/mol. The molecule has 1 aromatic rings. The van der Waals surface area contributed by atoms with Crippen molar-refractivity contribution in [3.8, 4) is 6.07 Å². The summed E-state index contributed by atoms with van der Waals surface area (Å²) in [6.45, 7) is 3.65. The molecule has 0 amide bonds. The van der Waals surface area contributed by atoms with E-state index in [1.54, 1.807) is 19.4 Å². The van der Waals surface area contributed by atoms with Crippen LogP contribution in [-0.2, 0) is 16.0 Å². The molecular formula is C13H19N3O2. The van der Waals surface area contributed by atoms with Crippen molar-refractivity contribution in [1.29, 1.82) is 5.26 Å². The predicted octanol–water partition coefficient (Wildman–Crippen LogP) is 1.10. The van der Waals surface area contributed by atoms with Crippen LogP contribution >= 0.6 is 0 Å². The summed E-state index contributed by atoms with van der Waals surface area (Å²) < 4.78 is 10.2. The molecular weight excluding hydrogens is 230 g/mol. The molecule has 0 aliphatic rings. The third kappa shape index (κ3) is 6.30. The number of aromatic nitrogens is 1. The van der Waals surface area contributed by atoms with Gasteiger partial charge in [-0.25, -0.2) is 4.98 Å². The number of nitrogens with one attached hydrogen (secondary N) is 1. The summed E-state index contributed by atoms with van der Waals surface area (Å²) in [4.78, 5) is 3.92. The Bertz CT molecular complexity index is 377. The van der Waals surface area contributed by atoms with Crippen LogP contribution in [0.1, 0.15) is 17.7 Å². The Kier molecular flexibility index (Phi) is 7.73. The van der Waals surface area contributed by atoms with E-state index in [1.807, 2.05) is 12.1 Å². The van der Waals surface area contributed by atoms with E-state index in [9.17, 15) is 0 Å². The smallest absolute Gasteiger partial charge is 0.140 e. The van der Waals surface area contributed by atoms with E-state index in [0.29, 0.717) is 18.9 Å². The SMILES string of the molecule is COCCOCCCNCc1ccnc(C#N)c1. The number of ether oxygens (including phenoxy) is 2. The maximum Gasteiger partial charge on any atom is 0.140 e. The van der Waals surface area contributed by atoms with Crippen molar-refractivity contribution >= 4 is 0 Å². The Labute approximate surface area is 108 Å². The first-order chi connectivity index (χ1) is 8.86. The Morgan fingerprint density at radius 2 is 2.28 bits per heavy atom. The van der Waals surface area contributed by atoms with Crippen LogP contribution in [0, 0.1) is 11.3 Å². The average molecular weight is 249 g/mol. The molecule has 1 rings (SSSR count). The van der Waals surface area contributed by atoms with Crippen LogP contribution in [0.3, 0.4) is 0 Å². The standard InChI is InChI=1S/C13H19N3O2/c1-17-7-8-18-6-2-4-15-11-12-3-5-16-13(9-12)10-14/h3,5,9,15H,2,4,6-8,11H2,1H3. The summed E-state index contributed by atoms with van der Waals surface area (Å²) >= 11 is 0. The van der Waals surface area contributed by atoms with Gasteiger partial charge in [0.25, 0.3) is 0 Å². The van der Waals surface area contributed by atoms with Crippen molar-refractivity contribution < 1.29 is 9.47 Å². The van der Waals surface area contributed by atoms with Crippen molar-refractivity contribution in [1.82, 2.24) is 10.3 Å². The zero-order valence-corrected chi connectivity index (χ0v) is 10.7. The molecule has 1 aromatic heterocycles. The van der Waals surface area contributed by atoms with Gasteiger partial charge in [0.05, 0.1) is 13.2 Å². The summed E-state index contributed by atoms with van der Waals surface area (Å²) in [5.74, 6) is 0. The molecule has 0 aromatic carbocycles. The van der Waals surface area contributed by atoms with Crippen LogP contribution < -0.4 is 5.32 Å². The lowest BCUT2D eigenvalue weighted by atomic mass is 10.2. The molecule has 0 aliphatic heterocycles. The van der Waals surface area contributed by atoms with Crippen LogP contribution in [-0.4, -0.2) is 38.5 Å². The van der Waals surface area contributed by atoms with Crippen molar-refractivity contribution in [2.45, 2.75) is 13.0 Å². The molecule has 98 valence electrons. The van der Waals surface area contributed by atoms with Crippen molar-refractivity contribution in [3.63, 3.8) is 0 Å². The largest absolute Gasteiger partial charge is 0.382 e. The highest BCUT2D eigenvalue weighted by Crippen LogP contribution is 2.00. The van der Waals surface area contributed by atoms with Gasteiger partial charge >= 0.3 is 0 Å². The fourth-order valence-electron chi connectivity index (χ4n) is 1.42. The first kappa shape index (κ1) is 14.6. The van der Waals surface area contributed by atoms with Gasteiger partial charge in [0.1, 0.15) is 11.8 Å². The van der Waals surface area contributed by atoms with Gasteiger partial charge in [-0.05, 0) is 30.7 Å². The van der Waals surface area contributed by atoms with Gasteiger partial charge in [0.15, 0.2) is 0 Å². The maximum atomic E-state index is 8.71. The number of nitrogens with zero attached hydrogens (tertiary/aromatic N) is 2. The normalized spacial score (nSPS) is 10.2. The third-order valence-corrected chi connectivity index (χ3v) is 2.34. The summed E-state index contributed by atoms with van der Waals surface area (Å²) in [5.41, 5.74) is 1.53. The zero-order valence-electron chi connectivity index (χ0n) is 10.7. The van der Waals surface area contributed by atoms with E-state index in [2.05, 4.69) is 10.3 Å². The van der Waals surface area contributed by atoms with Gasteiger partial charge in [-0.2, -0.15) is 5.26 Å².